The molecule has 0 spiro atoms. The zero-order valence-electron chi connectivity index (χ0n) is 11.8. The van der Waals surface area contributed by atoms with Crippen LogP contribution in [0.2, 0.25) is 0 Å². The van der Waals surface area contributed by atoms with Crippen molar-refractivity contribution in [2.24, 2.45) is 5.92 Å². The molecule has 5 heteroatoms. The highest BCUT2D eigenvalue weighted by atomic mass is 16.5. The number of nitrogens with one attached hydrogen (secondary N) is 1. The fourth-order valence-electron chi connectivity index (χ4n) is 1.66. The Morgan fingerprint density at radius 3 is 2.40 bits per heavy atom. The second-order valence-electron chi connectivity index (χ2n) is 5.07. The van der Waals surface area contributed by atoms with E-state index in [2.05, 4.69) is 5.32 Å². The average molecular weight is 279 g/mol. The summed E-state index contributed by atoms with van der Waals surface area (Å²) in [6, 6.07) is 8.33. The highest BCUT2D eigenvalue weighted by molar-refractivity contribution is 5.79. The summed E-state index contributed by atoms with van der Waals surface area (Å²) >= 11 is 0. The minimum absolute atomic E-state index is 0.128. The van der Waals surface area contributed by atoms with E-state index < -0.39 is 18.1 Å². The number of carboxylic acid groups (broad SMARTS) is 1. The number of ether oxygens (including phenoxy) is 1. The Kier molecular flexibility index (Phi) is 6.56. The van der Waals surface area contributed by atoms with Crippen LogP contribution in [0, 0.1) is 5.92 Å². The molecule has 0 saturated carbocycles. The SMILES string of the molecule is CC(C)CCC(NC(=O)OCc1ccccc1)C(=O)O. The molecule has 0 saturated heterocycles. The van der Waals surface area contributed by atoms with Crippen LogP contribution < -0.4 is 5.32 Å². The number of benzene rings is 1. The van der Waals surface area contributed by atoms with Crippen molar-refractivity contribution in [3.05, 3.63) is 35.9 Å². The van der Waals surface area contributed by atoms with Crippen molar-refractivity contribution >= 4 is 12.1 Å². The van der Waals surface area contributed by atoms with Gasteiger partial charge in [0.25, 0.3) is 0 Å². The van der Waals surface area contributed by atoms with Gasteiger partial charge in [0.15, 0.2) is 0 Å². The smallest absolute Gasteiger partial charge is 0.408 e. The van der Waals surface area contributed by atoms with E-state index in [1.807, 2.05) is 44.2 Å². The van der Waals surface area contributed by atoms with Crippen molar-refractivity contribution < 1.29 is 19.4 Å². The van der Waals surface area contributed by atoms with Crippen molar-refractivity contribution in [2.75, 3.05) is 0 Å². The molecule has 1 rings (SSSR count). The van der Waals surface area contributed by atoms with E-state index in [0.29, 0.717) is 12.3 Å². The maximum atomic E-state index is 11.6. The van der Waals surface area contributed by atoms with Crippen LogP contribution in [0.5, 0.6) is 0 Å². The first kappa shape index (κ1) is 16.0. The Hall–Kier alpha value is -2.04. The molecule has 0 aliphatic rings. The molecule has 1 amide bonds. The minimum atomic E-state index is -1.04. The third-order valence-electron chi connectivity index (χ3n) is 2.84. The molecule has 1 unspecified atom stereocenters. The Morgan fingerprint density at radius 1 is 1.20 bits per heavy atom. The highest BCUT2D eigenvalue weighted by Gasteiger charge is 2.20. The van der Waals surface area contributed by atoms with Crippen LogP contribution in [0.15, 0.2) is 30.3 Å². The highest BCUT2D eigenvalue weighted by Crippen LogP contribution is 2.08. The summed E-state index contributed by atoms with van der Waals surface area (Å²) in [7, 11) is 0. The van der Waals surface area contributed by atoms with Crippen molar-refractivity contribution in [1.82, 2.24) is 5.32 Å². The summed E-state index contributed by atoms with van der Waals surface area (Å²) in [6.45, 7) is 4.14. The molecule has 1 aromatic rings. The van der Waals surface area contributed by atoms with Crippen LogP contribution in [0.25, 0.3) is 0 Å². The zero-order valence-corrected chi connectivity index (χ0v) is 11.8. The van der Waals surface area contributed by atoms with E-state index in [-0.39, 0.29) is 6.61 Å². The van der Waals surface area contributed by atoms with Gasteiger partial charge in [-0.1, -0.05) is 44.2 Å². The number of alkyl carbamates (subject to hydrolysis) is 1. The molecule has 5 nitrogen and oxygen atoms in total. The summed E-state index contributed by atoms with van der Waals surface area (Å²) in [5, 5.41) is 11.4. The molecular weight excluding hydrogens is 258 g/mol. The standard InChI is InChI=1S/C15H21NO4/c1-11(2)8-9-13(14(17)18)16-15(19)20-10-12-6-4-3-5-7-12/h3-7,11,13H,8-10H2,1-2H3,(H,16,19)(H,17,18). The van der Waals surface area contributed by atoms with Crippen LogP contribution in [0.3, 0.4) is 0 Å². The molecule has 0 aliphatic heterocycles. The number of amides is 1. The fraction of sp³-hybridized carbons (Fsp3) is 0.467. The Bertz CT molecular complexity index is 431. The zero-order chi connectivity index (χ0) is 15.0. The van der Waals surface area contributed by atoms with Crippen molar-refractivity contribution in [3.63, 3.8) is 0 Å². The predicted molar refractivity (Wildman–Crippen MR) is 75.3 cm³/mol. The van der Waals surface area contributed by atoms with E-state index in [9.17, 15) is 9.59 Å². The van der Waals surface area contributed by atoms with Gasteiger partial charge in [-0.15, -0.1) is 0 Å². The molecule has 20 heavy (non-hydrogen) atoms. The van der Waals surface area contributed by atoms with Gasteiger partial charge in [-0.3, -0.25) is 0 Å². The largest absolute Gasteiger partial charge is 0.480 e. The number of rotatable bonds is 7. The van der Waals surface area contributed by atoms with Crippen molar-refractivity contribution in [1.29, 1.82) is 0 Å². The molecule has 0 radical (unpaired) electrons. The molecule has 0 aromatic heterocycles. The first-order chi connectivity index (χ1) is 9.49. The third-order valence-corrected chi connectivity index (χ3v) is 2.84. The molecule has 1 atom stereocenters. The van der Waals surface area contributed by atoms with Crippen LogP contribution in [-0.4, -0.2) is 23.2 Å². The average Bonchev–Trinajstić information content (AvgIpc) is 2.41. The lowest BCUT2D eigenvalue weighted by atomic mass is 10.0. The molecule has 0 bridgehead atoms. The lowest BCUT2D eigenvalue weighted by Crippen LogP contribution is -2.41. The maximum Gasteiger partial charge on any atom is 0.408 e. The first-order valence-corrected chi connectivity index (χ1v) is 6.69. The van der Waals surface area contributed by atoms with Crippen molar-refractivity contribution in [3.8, 4) is 0 Å². The molecular formula is C15H21NO4. The molecule has 2 N–H and O–H groups in total. The molecule has 0 fully saturated rings. The van der Waals surface area contributed by atoms with Gasteiger partial charge >= 0.3 is 12.1 Å². The Morgan fingerprint density at radius 2 is 1.85 bits per heavy atom. The van der Waals surface area contributed by atoms with Gasteiger partial charge < -0.3 is 15.2 Å². The fourth-order valence-corrected chi connectivity index (χ4v) is 1.66. The molecule has 110 valence electrons. The van der Waals surface area contributed by atoms with Gasteiger partial charge in [-0.2, -0.15) is 0 Å². The van der Waals surface area contributed by atoms with Gasteiger partial charge in [0.1, 0.15) is 12.6 Å². The maximum absolute atomic E-state index is 11.6. The topological polar surface area (TPSA) is 75.6 Å². The number of carbonyl (C=O) groups excluding carboxylic acids is 1. The summed E-state index contributed by atoms with van der Waals surface area (Å²) in [4.78, 5) is 22.6. The number of carbonyl (C=O) groups is 2. The lowest BCUT2D eigenvalue weighted by Gasteiger charge is -2.15. The second-order valence-corrected chi connectivity index (χ2v) is 5.07. The predicted octanol–water partition coefficient (Wildman–Crippen LogP) is 2.80. The van der Waals surface area contributed by atoms with Crippen LogP contribution in [0.1, 0.15) is 32.3 Å². The summed E-state index contributed by atoms with van der Waals surface area (Å²) in [5.41, 5.74) is 0.858. The summed E-state index contributed by atoms with van der Waals surface area (Å²) in [5.74, 6) is -0.652. The molecule has 1 aromatic carbocycles. The quantitative estimate of drug-likeness (QED) is 0.804. The monoisotopic (exact) mass is 279 g/mol. The van der Waals surface area contributed by atoms with E-state index in [0.717, 1.165) is 12.0 Å². The van der Waals surface area contributed by atoms with Gasteiger partial charge in [0, 0.05) is 0 Å². The van der Waals surface area contributed by atoms with Crippen LogP contribution in [-0.2, 0) is 16.1 Å². The van der Waals surface area contributed by atoms with Crippen LogP contribution in [0.4, 0.5) is 4.79 Å². The summed E-state index contributed by atoms with van der Waals surface area (Å²) in [6.07, 6.45) is 0.425. The molecule has 0 heterocycles. The Labute approximate surface area is 118 Å². The van der Waals surface area contributed by atoms with E-state index in [4.69, 9.17) is 9.84 Å². The van der Waals surface area contributed by atoms with E-state index >= 15 is 0 Å². The third kappa shape index (κ3) is 6.22. The van der Waals surface area contributed by atoms with Gasteiger partial charge in [0.2, 0.25) is 0 Å². The Balaban J connectivity index is 2.40. The van der Waals surface area contributed by atoms with Crippen molar-refractivity contribution in [2.45, 2.75) is 39.3 Å². The van der Waals surface area contributed by atoms with Gasteiger partial charge in [0.05, 0.1) is 0 Å². The number of carboxylic acids is 1. The van der Waals surface area contributed by atoms with Crippen LogP contribution >= 0.6 is 0 Å². The number of aliphatic carboxylic acids is 1. The molecule has 0 aliphatic carbocycles. The van der Waals surface area contributed by atoms with Gasteiger partial charge in [-0.05, 0) is 24.3 Å². The summed E-state index contributed by atoms with van der Waals surface area (Å²) < 4.78 is 5.00. The normalized spacial score (nSPS) is 11.9. The second kappa shape index (κ2) is 8.19. The number of hydrogen-bond donors (Lipinski definition) is 2. The van der Waals surface area contributed by atoms with Gasteiger partial charge in [-0.25, -0.2) is 9.59 Å². The first-order valence-electron chi connectivity index (χ1n) is 6.69. The number of hydrogen-bond acceptors (Lipinski definition) is 3. The van der Waals surface area contributed by atoms with E-state index in [1.54, 1.807) is 0 Å². The van der Waals surface area contributed by atoms with E-state index in [1.165, 1.54) is 0 Å². The lowest BCUT2D eigenvalue weighted by molar-refractivity contribution is -0.139. The minimum Gasteiger partial charge on any atom is -0.480 e.